The van der Waals surface area contributed by atoms with Crippen LogP contribution in [0.3, 0.4) is 0 Å². The molecule has 1 fully saturated rings. The zero-order valence-corrected chi connectivity index (χ0v) is 17.7. The average Bonchev–Trinajstić information content (AvgIpc) is 3.41. The molecule has 0 radical (unpaired) electrons. The van der Waals surface area contributed by atoms with Gasteiger partial charge in [0.2, 0.25) is 0 Å². The predicted molar refractivity (Wildman–Crippen MR) is 117 cm³/mol. The van der Waals surface area contributed by atoms with E-state index in [1.165, 1.54) is 4.90 Å². The number of likely N-dealkylation sites (tertiary alicyclic amines) is 1. The summed E-state index contributed by atoms with van der Waals surface area (Å²) in [6.45, 7) is 4.05. The number of amides is 2. The van der Waals surface area contributed by atoms with Gasteiger partial charge in [-0.25, -0.2) is 4.79 Å². The van der Waals surface area contributed by atoms with Crippen molar-refractivity contribution in [1.82, 2.24) is 9.80 Å². The SMILES string of the molecule is CCCOC(=O)c1ccc(CN2C(=O)C(c3ccccc3)=C(N3CCCC3)C2=O)cc1. The summed E-state index contributed by atoms with van der Waals surface area (Å²) in [5, 5.41) is 0. The van der Waals surface area contributed by atoms with Crippen LogP contribution >= 0.6 is 0 Å². The lowest BCUT2D eigenvalue weighted by Gasteiger charge is -2.20. The summed E-state index contributed by atoms with van der Waals surface area (Å²) >= 11 is 0. The molecule has 2 heterocycles. The zero-order valence-electron chi connectivity index (χ0n) is 17.7. The molecule has 1 saturated heterocycles. The fourth-order valence-electron chi connectivity index (χ4n) is 4.01. The summed E-state index contributed by atoms with van der Waals surface area (Å²) < 4.78 is 5.15. The minimum absolute atomic E-state index is 0.162. The standard InChI is InChI=1S/C25H26N2O4/c1-2-16-31-25(30)20-12-10-18(11-13-20)17-27-23(28)21(19-8-4-3-5-9-19)22(24(27)29)26-14-6-7-15-26/h3-5,8-13H,2,6-7,14-17H2,1H3. The van der Waals surface area contributed by atoms with Crippen LogP contribution in [0, 0.1) is 0 Å². The van der Waals surface area contributed by atoms with E-state index in [0.29, 0.717) is 23.4 Å². The Labute approximate surface area is 182 Å². The fourth-order valence-corrected chi connectivity index (χ4v) is 4.01. The van der Waals surface area contributed by atoms with Gasteiger partial charge in [0, 0.05) is 13.1 Å². The van der Waals surface area contributed by atoms with E-state index in [-0.39, 0.29) is 24.3 Å². The van der Waals surface area contributed by atoms with E-state index in [0.717, 1.165) is 43.5 Å². The summed E-state index contributed by atoms with van der Waals surface area (Å²) in [7, 11) is 0. The Kier molecular flexibility index (Phi) is 6.16. The summed E-state index contributed by atoms with van der Waals surface area (Å²) in [6, 6.07) is 16.3. The maximum absolute atomic E-state index is 13.3. The molecule has 31 heavy (non-hydrogen) atoms. The molecule has 0 unspecified atom stereocenters. The lowest BCUT2D eigenvalue weighted by Crippen LogP contribution is -2.34. The maximum Gasteiger partial charge on any atom is 0.338 e. The van der Waals surface area contributed by atoms with Crippen LogP contribution in [0.5, 0.6) is 0 Å². The third-order valence-corrected chi connectivity index (χ3v) is 5.60. The highest BCUT2D eigenvalue weighted by atomic mass is 16.5. The smallest absolute Gasteiger partial charge is 0.338 e. The molecular formula is C25H26N2O4. The molecular weight excluding hydrogens is 392 g/mol. The van der Waals surface area contributed by atoms with Crippen molar-refractivity contribution in [3.05, 3.63) is 77.0 Å². The van der Waals surface area contributed by atoms with Gasteiger partial charge in [-0.2, -0.15) is 0 Å². The molecule has 6 nitrogen and oxygen atoms in total. The Morgan fingerprint density at radius 2 is 1.61 bits per heavy atom. The van der Waals surface area contributed by atoms with Crippen molar-refractivity contribution in [1.29, 1.82) is 0 Å². The molecule has 2 aliphatic rings. The third-order valence-electron chi connectivity index (χ3n) is 5.60. The Hall–Kier alpha value is -3.41. The van der Waals surface area contributed by atoms with Gasteiger partial charge in [0.15, 0.2) is 0 Å². The van der Waals surface area contributed by atoms with E-state index in [2.05, 4.69) is 0 Å². The van der Waals surface area contributed by atoms with Gasteiger partial charge in [0.05, 0.1) is 24.3 Å². The number of nitrogens with zero attached hydrogens (tertiary/aromatic N) is 2. The van der Waals surface area contributed by atoms with E-state index in [9.17, 15) is 14.4 Å². The number of ether oxygens (including phenoxy) is 1. The van der Waals surface area contributed by atoms with Gasteiger partial charge in [-0.1, -0.05) is 49.4 Å². The number of benzene rings is 2. The van der Waals surface area contributed by atoms with Gasteiger partial charge in [-0.05, 0) is 42.5 Å². The molecule has 6 heteroatoms. The number of hydrogen-bond acceptors (Lipinski definition) is 5. The van der Waals surface area contributed by atoms with Crippen LogP contribution in [0.4, 0.5) is 0 Å². The van der Waals surface area contributed by atoms with Gasteiger partial charge in [-0.3, -0.25) is 14.5 Å². The lowest BCUT2D eigenvalue weighted by molar-refractivity contribution is -0.138. The molecule has 2 amide bonds. The van der Waals surface area contributed by atoms with Crippen LogP contribution in [0.1, 0.15) is 47.7 Å². The molecule has 2 aliphatic heterocycles. The van der Waals surface area contributed by atoms with Gasteiger partial charge in [0.1, 0.15) is 5.70 Å². The summed E-state index contributed by atoms with van der Waals surface area (Å²) in [6.07, 6.45) is 2.80. The Morgan fingerprint density at radius 1 is 0.935 bits per heavy atom. The van der Waals surface area contributed by atoms with Crippen LogP contribution in [0.15, 0.2) is 60.3 Å². The number of carbonyl (C=O) groups is 3. The first-order valence-corrected chi connectivity index (χ1v) is 10.8. The van der Waals surface area contributed by atoms with Gasteiger partial charge in [-0.15, -0.1) is 0 Å². The van der Waals surface area contributed by atoms with Crippen molar-refractivity contribution in [3.63, 3.8) is 0 Å². The monoisotopic (exact) mass is 418 g/mol. The van der Waals surface area contributed by atoms with Crippen LogP contribution in [-0.4, -0.2) is 47.3 Å². The molecule has 0 aliphatic carbocycles. The first-order chi connectivity index (χ1) is 15.1. The van der Waals surface area contributed by atoms with E-state index in [1.807, 2.05) is 42.2 Å². The summed E-state index contributed by atoms with van der Waals surface area (Å²) in [5.41, 5.74) is 2.99. The highest BCUT2D eigenvalue weighted by Crippen LogP contribution is 2.34. The number of imide groups is 1. The third kappa shape index (κ3) is 4.24. The van der Waals surface area contributed by atoms with E-state index < -0.39 is 0 Å². The minimum atomic E-state index is -0.369. The van der Waals surface area contributed by atoms with Crippen molar-refractivity contribution in [2.75, 3.05) is 19.7 Å². The molecule has 0 aromatic heterocycles. The Balaban J connectivity index is 1.57. The van der Waals surface area contributed by atoms with Gasteiger partial charge in [0.25, 0.3) is 11.8 Å². The number of carbonyl (C=O) groups excluding carboxylic acids is 3. The van der Waals surface area contributed by atoms with Gasteiger partial charge >= 0.3 is 5.97 Å². The van der Waals surface area contributed by atoms with Gasteiger partial charge < -0.3 is 9.64 Å². The van der Waals surface area contributed by atoms with E-state index >= 15 is 0 Å². The number of esters is 1. The first-order valence-electron chi connectivity index (χ1n) is 10.8. The van der Waals surface area contributed by atoms with Crippen LogP contribution in [-0.2, 0) is 20.9 Å². The molecule has 0 spiro atoms. The van der Waals surface area contributed by atoms with Crippen molar-refractivity contribution < 1.29 is 19.1 Å². The lowest BCUT2D eigenvalue weighted by atomic mass is 10.0. The molecule has 0 atom stereocenters. The zero-order chi connectivity index (χ0) is 21.8. The van der Waals surface area contributed by atoms with Crippen molar-refractivity contribution in [2.45, 2.75) is 32.7 Å². The highest BCUT2D eigenvalue weighted by molar-refractivity contribution is 6.35. The van der Waals surface area contributed by atoms with Crippen LogP contribution in [0.25, 0.3) is 5.57 Å². The second-order valence-electron chi connectivity index (χ2n) is 7.81. The number of rotatable bonds is 7. The second kappa shape index (κ2) is 9.16. The van der Waals surface area contributed by atoms with Crippen molar-refractivity contribution >= 4 is 23.4 Å². The Morgan fingerprint density at radius 3 is 2.26 bits per heavy atom. The minimum Gasteiger partial charge on any atom is -0.462 e. The molecule has 2 aromatic carbocycles. The predicted octanol–water partition coefficient (Wildman–Crippen LogP) is 3.63. The first kappa shape index (κ1) is 20.8. The molecule has 0 N–H and O–H groups in total. The summed E-state index contributed by atoms with van der Waals surface area (Å²) in [4.78, 5) is 42.0. The van der Waals surface area contributed by atoms with Crippen LogP contribution in [0.2, 0.25) is 0 Å². The quantitative estimate of drug-likeness (QED) is 0.507. The average molecular weight is 418 g/mol. The molecule has 160 valence electrons. The maximum atomic E-state index is 13.3. The highest BCUT2D eigenvalue weighted by Gasteiger charge is 2.41. The van der Waals surface area contributed by atoms with Crippen LogP contribution < -0.4 is 0 Å². The Bertz CT molecular complexity index is 1010. The van der Waals surface area contributed by atoms with Crippen molar-refractivity contribution in [2.24, 2.45) is 0 Å². The van der Waals surface area contributed by atoms with E-state index in [1.54, 1.807) is 24.3 Å². The second-order valence-corrected chi connectivity index (χ2v) is 7.81. The fraction of sp³-hybridized carbons (Fsp3) is 0.320. The molecule has 0 bridgehead atoms. The van der Waals surface area contributed by atoms with E-state index in [4.69, 9.17) is 4.74 Å². The topological polar surface area (TPSA) is 66.9 Å². The molecule has 4 rings (SSSR count). The number of hydrogen-bond donors (Lipinski definition) is 0. The molecule has 0 saturated carbocycles. The molecule has 2 aromatic rings. The summed E-state index contributed by atoms with van der Waals surface area (Å²) in [5.74, 6) is -0.896. The normalized spacial score (nSPS) is 16.4. The largest absolute Gasteiger partial charge is 0.462 e. The van der Waals surface area contributed by atoms with Crippen molar-refractivity contribution in [3.8, 4) is 0 Å².